The Morgan fingerprint density at radius 1 is 1.38 bits per heavy atom. The molecular formula is C11H16OS. The zero-order chi connectivity index (χ0) is 9.91. The third kappa shape index (κ3) is 1.05. The average molecular weight is 196 g/mol. The van der Waals surface area contributed by atoms with Crippen molar-refractivity contribution >= 4 is 11.8 Å². The highest BCUT2D eigenvalue weighted by atomic mass is 32.2. The predicted molar refractivity (Wildman–Crippen MR) is 57.6 cm³/mol. The summed E-state index contributed by atoms with van der Waals surface area (Å²) in [6.07, 6.45) is 6.25. The fourth-order valence-electron chi connectivity index (χ4n) is 2.06. The first kappa shape index (κ1) is 9.35. The number of aliphatic hydroxyl groups is 1. The van der Waals surface area contributed by atoms with Crippen molar-refractivity contribution in [3.8, 4) is 0 Å². The number of rotatable bonds is 0. The molecule has 0 radical (unpaired) electrons. The summed E-state index contributed by atoms with van der Waals surface area (Å²) in [5, 5.41) is 10.2. The fourth-order valence-corrected chi connectivity index (χ4v) is 3.62. The second-order valence-corrected chi connectivity index (χ2v) is 6.48. The Balaban J connectivity index is 2.40. The van der Waals surface area contributed by atoms with Gasteiger partial charge < -0.3 is 5.11 Å². The van der Waals surface area contributed by atoms with Gasteiger partial charge in [-0.3, -0.25) is 0 Å². The molecule has 0 bridgehead atoms. The van der Waals surface area contributed by atoms with Gasteiger partial charge in [-0.15, -0.1) is 11.8 Å². The molecule has 0 aromatic carbocycles. The second-order valence-electron chi connectivity index (χ2n) is 5.01. The van der Waals surface area contributed by atoms with Crippen LogP contribution in [0.15, 0.2) is 23.8 Å². The second kappa shape index (κ2) is 2.23. The Kier molecular flexibility index (Phi) is 1.61. The lowest BCUT2D eigenvalue weighted by Gasteiger charge is -2.30. The topological polar surface area (TPSA) is 20.2 Å². The molecule has 0 amide bonds. The van der Waals surface area contributed by atoms with Gasteiger partial charge in [0.05, 0.1) is 4.75 Å². The molecule has 1 aliphatic heterocycles. The summed E-state index contributed by atoms with van der Waals surface area (Å²) in [5.74, 6) is 0. The van der Waals surface area contributed by atoms with E-state index in [1.54, 1.807) is 11.8 Å². The Hall–Kier alpha value is -0.210. The highest BCUT2D eigenvalue weighted by Crippen LogP contribution is 2.72. The molecule has 1 fully saturated rings. The monoisotopic (exact) mass is 196 g/mol. The van der Waals surface area contributed by atoms with Gasteiger partial charge in [-0.1, -0.05) is 38.5 Å². The van der Waals surface area contributed by atoms with E-state index in [9.17, 15) is 5.11 Å². The molecule has 0 aromatic rings. The van der Waals surface area contributed by atoms with Crippen LogP contribution in [0.25, 0.3) is 0 Å². The molecule has 0 spiro atoms. The average Bonchev–Trinajstić information content (AvgIpc) is 2.53. The van der Waals surface area contributed by atoms with Crippen molar-refractivity contribution in [3.05, 3.63) is 23.8 Å². The first-order valence-corrected chi connectivity index (χ1v) is 5.44. The van der Waals surface area contributed by atoms with Crippen LogP contribution in [0.1, 0.15) is 27.7 Å². The van der Waals surface area contributed by atoms with Crippen LogP contribution in [0.5, 0.6) is 0 Å². The SMILES string of the molecule is CC1=CC2(O)SC2(C(C)(C)C)C=C1. The highest BCUT2D eigenvalue weighted by Gasteiger charge is 2.71. The minimum Gasteiger partial charge on any atom is -0.374 e. The predicted octanol–water partition coefficient (Wildman–Crippen LogP) is 2.72. The Morgan fingerprint density at radius 2 is 2.00 bits per heavy atom. The van der Waals surface area contributed by atoms with E-state index in [-0.39, 0.29) is 10.2 Å². The van der Waals surface area contributed by atoms with Crippen LogP contribution in [-0.4, -0.2) is 14.8 Å². The molecule has 1 heterocycles. The van der Waals surface area contributed by atoms with Crippen LogP contribution in [-0.2, 0) is 0 Å². The Labute approximate surface area is 83.9 Å². The highest BCUT2D eigenvalue weighted by molar-refractivity contribution is 8.10. The summed E-state index contributed by atoms with van der Waals surface area (Å²) >= 11 is 1.65. The summed E-state index contributed by atoms with van der Waals surface area (Å²) in [6, 6.07) is 0. The Bertz CT molecular complexity index is 311. The van der Waals surface area contributed by atoms with E-state index >= 15 is 0 Å². The summed E-state index contributed by atoms with van der Waals surface area (Å²) in [5.41, 5.74) is 1.27. The van der Waals surface area contributed by atoms with E-state index < -0.39 is 4.93 Å². The van der Waals surface area contributed by atoms with E-state index in [0.29, 0.717) is 0 Å². The Morgan fingerprint density at radius 3 is 2.46 bits per heavy atom. The molecule has 72 valence electrons. The first-order chi connectivity index (χ1) is 5.81. The lowest BCUT2D eigenvalue weighted by Crippen LogP contribution is -2.36. The number of thioether (sulfide) groups is 1. The van der Waals surface area contributed by atoms with Gasteiger partial charge in [0, 0.05) is 0 Å². The van der Waals surface area contributed by atoms with Crippen molar-refractivity contribution < 1.29 is 5.11 Å². The van der Waals surface area contributed by atoms with E-state index in [1.165, 1.54) is 0 Å². The molecule has 0 saturated carbocycles. The number of fused-ring (bicyclic) bond motifs is 1. The molecule has 2 atom stereocenters. The normalized spacial score (nSPS) is 42.7. The minimum absolute atomic E-state index is 0.0838. The van der Waals surface area contributed by atoms with E-state index in [0.717, 1.165) is 5.57 Å². The van der Waals surface area contributed by atoms with E-state index in [1.807, 2.05) is 13.0 Å². The van der Waals surface area contributed by atoms with Gasteiger partial charge >= 0.3 is 0 Å². The van der Waals surface area contributed by atoms with Crippen molar-refractivity contribution in [2.24, 2.45) is 5.41 Å². The van der Waals surface area contributed by atoms with Crippen molar-refractivity contribution in [1.82, 2.24) is 0 Å². The van der Waals surface area contributed by atoms with Crippen molar-refractivity contribution in [2.75, 3.05) is 0 Å². The van der Waals surface area contributed by atoms with Crippen LogP contribution in [0, 0.1) is 5.41 Å². The molecule has 2 heteroatoms. The van der Waals surface area contributed by atoms with Gasteiger partial charge in [0.1, 0.15) is 4.93 Å². The number of hydrogen-bond donors (Lipinski definition) is 1. The van der Waals surface area contributed by atoms with Gasteiger partial charge in [-0.25, -0.2) is 0 Å². The molecule has 1 saturated heterocycles. The maximum Gasteiger partial charge on any atom is 0.149 e. The van der Waals surface area contributed by atoms with Gasteiger partial charge in [-0.05, 0) is 18.4 Å². The van der Waals surface area contributed by atoms with Gasteiger partial charge in [0.15, 0.2) is 0 Å². The largest absolute Gasteiger partial charge is 0.374 e. The third-order valence-corrected chi connectivity index (χ3v) is 4.85. The fraction of sp³-hybridized carbons (Fsp3) is 0.636. The van der Waals surface area contributed by atoms with Crippen molar-refractivity contribution in [3.63, 3.8) is 0 Å². The van der Waals surface area contributed by atoms with Gasteiger partial charge in [0.25, 0.3) is 0 Å². The van der Waals surface area contributed by atoms with Crippen LogP contribution in [0.4, 0.5) is 0 Å². The summed E-state index contributed by atoms with van der Waals surface area (Å²) in [4.78, 5) is -0.635. The summed E-state index contributed by atoms with van der Waals surface area (Å²) < 4.78 is -0.0838. The quantitative estimate of drug-likeness (QED) is 0.601. The summed E-state index contributed by atoms with van der Waals surface area (Å²) in [7, 11) is 0. The van der Waals surface area contributed by atoms with Gasteiger partial charge in [0.2, 0.25) is 0 Å². The molecule has 2 rings (SSSR count). The third-order valence-electron chi connectivity index (χ3n) is 2.93. The minimum atomic E-state index is -0.635. The molecule has 2 aliphatic rings. The van der Waals surface area contributed by atoms with Crippen molar-refractivity contribution in [2.45, 2.75) is 37.4 Å². The first-order valence-electron chi connectivity index (χ1n) is 4.62. The van der Waals surface area contributed by atoms with E-state index in [4.69, 9.17) is 0 Å². The van der Waals surface area contributed by atoms with Crippen LogP contribution < -0.4 is 0 Å². The maximum absolute atomic E-state index is 10.2. The molecule has 1 nitrogen and oxygen atoms in total. The molecule has 1 N–H and O–H groups in total. The lowest BCUT2D eigenvalue weighted by molar-refractivity contribution is 0.148. The van der Waals surface area contributed by atoms with Gasteiger partial charge in [-0.2, -0.15) is 0 Å². The number of allylic oxidation sites excluding steroid dienone is 2. The molecule has 1 aliphatic carbocycles. The maximum atomic E-state index is 10.2. The number of hydrogen-bond acceptors (Lipinski definition) is 2. The molecule has 2 unspecified atom stereocenters. The van der Waals surface area contributed by atoms with Crippen LogP contribution in [0.2, 0.25) is 0 Å². The zero-order valence-corrected chi connectivity index (χ0v) is 9.40. The van der Waals surface area contributed by atoms with Crippen LogP contribution in [0.3, 0.4) is 0 Å². The van der Waals surface area contributed by atoms with E-state index in [2.05, 4.69) is 32.9 Å². The standard InChI is InChI=1S/C11H16OS/c1-8-5-6-10(9(2,3)4)11(12,7-8)13-10/h5-7,12H,1-4H3. The lowest BCUT2D eigenvalue weighted by atomic mass is 9.75. The molecular weight excluding hydrogens is 180 g/mol. The summed E-state index contributed by atoms with van der Waals surface area (Å²) in [6.45, 7) is 8.56. The zero-order valence-electron chi connectivity index (χ0n) is 8.59. The smallest absolute Gasteiger partial charge is 0.149 e. The van der Waals surface area contributed by atoms with Crippen LogP contribution >= 0.6 is 11.8 Å². The van der Waals surface area contributed by atoms with Crippen molar-refractivity contribution in [1.29, 1.82) is 0 Å². The molecule has 0 aromatic heterocycles. The molecule has 13 heavy (non-hydrogen) atoms.